The average molecular weight is 225 g/mol. The summed E-state index contributed by atoms with van der Waals surface area (Å²) < 4.78 is 1.98. The molecule has 2 heterocycles. The number of nitrogens with one attached hydrogen (secondary N) is 1. The number of hydrogen-bond donors (Lipinski definition) is 1. The lowest BCUT2D eigenvalue weighted by molar-refractivity contribution is 0.559. The molecule has 1 aromatic heterocycles. The summed E-state index contributed by atoms with van der Waals surface area (Å²) in [5, 5.41) is 8.58. The second-order valence-electron chi connectivity index (χ2n) is 4.19. The number of nitrogens with zero attached hydrogens (tertiary/aromatic N) is 2. The summed E-state index contributed by atoms with van der Waals surface area (Å²) in [5.74, 6) is 1.22. The highest BCUT2D eigenvalue weighted by Crippen LogP contribution is 2.36. The molecule has 3 nitrogen and oxygen atoms in total. The molecular formula is C11H19N3S. The van der Waals surface area contributed by atoms with E-state index in [-0.39, 0.29) is 0 Å². The molecule has 1 aliphatic heterocycles. The zero-order valence-corrected chi connectivity index (χ0v) is 10.7. The van der Waals surface area contributed by atoms with Gasteiger partial charge in [0.05, 0.1) is 11.1 Å². The molecule has 0 aromatic carbocycles. The summed E-state index contributed by atoms with van der Waals surface area (Å²) >= 11 is 2.01. The van der Waals surface area contributed by atoms with Crippen molar-refractivity contribution < 1.29 is 0 Å². The molecule has 1 fully saturated rings. The fourth-order valence-electron chi connectivity index (χ4n) is 2.09. The third-order valence-electron chi connectivity index (χ3n) is 3.17. The van der Waals surface area contributed by atoms with E-state index in [0.717, 1.165) is 5.69 Å². The molecule has 1 saturated heterocycles. The molecule has 0 bridgehead atoms. The van der Waals surface area contributed by atoms with Gasteiger partial charge >= 0.3 is 0 Å². The Morgan fingerprint density at radius 1 is 1.53 bits per heavy atom. The molecule has 1 aromatic rings. The number of aromatic nitrogens is 2. The summed E-state index contributed by atoms with van der Waals surface area (Å²) in [7, 11) is 2.02. The van der Waals surface area contributed by atoms with Crippen LogP contribution in [0.3, 0.4) is 0 Å². The van der Waals surface area contributed by atoms with Gasteiger partial charge in [-0.05, 0) is 20.3 Å². The first-order valence-electron chi connectivity index (χ1n) is 5.51. The van der Waals surface area contributed by atoms with E-state index in [9.17, 15) is 0 Å². The van der Waals surface area contributed by atoms with E-state index in [0.29, 0.717) is 11.4 Å². The molecule has 2 atom stereocenters. The Labute approximate surface area is 95.6 Å². The monoisotopic (exact) mass is 225 g/mol. The molecule has 4 heteroatoms. The Hall–Kier alpha value is -0.480. The molecular weight excluding hydrogens is 206 g/mol. The van der Waals surface area contributed by atoms with Crippen LogP contribution in [0, 0.1) is 13.8 Å². The van der Waals surface area contributed by atoms with Crippen LogP contribution < -0.4 is 5.32 Å². The zero-order chi connectivity index (χ0) is 11.0. The maximum absolute atomic E-state index is 4.47. The highest BCUT2D eigenvalue weighted by Gasteiger charge is 2.28. The average Bonchev–Trinajstić information content (AvgIpc) is 2.74. The van der Waals surface area contributed by atoms with E-state index in [2.05, 4.69) is 31.2 Å². The van der Waals surface area contributed by atoms with Gasteiger partial charge in [-0.15, -0.1) is 11.8 Å². The van der Waals surface area contributed by atoms with E-state index in [1.807, 2.05) is 23.5 Å². The molecule has 0 radical (unpaired) electrons. The molecule has 2 rings (SSSR count). The minimum Gasteiger partial charge on any atom is -0.298 e. The second-order valence-corrected chi connectivity index (χ2v) is 5.33. The van der Waals surface area contributed by atoms with Crippen molar-refractivity contribution >= 4 is 11.8 Å². The van der Waals surface area contributed by atoms with E-state index in [4.69, 9.17) is 0 Å². The van der Waals surface area contributed by atoms with Crippen LogP contribution >= 0.6 is 11.8 Å². The first-order chi connectivity index (χ1) is 7.13. The number of hydrogen-bond acceptors (Lipinski definition) is 3. The van der Waals surface area contributed by atoms with Crippen LogP contribution in [0.15, 0.2) is 0 Å². The topological polar surface area (TPSA) is 29.9 Å². The quantitative estimate of drug-likeness (QED) is 0.836. The van der Waals surface area contributed by atoms with Crippen LogP contribution in [0.4, 0.5) is 0 Å². The molecule has 2 unspecified atom stereocenters. The van der Waals surface area contributed by atoms with Gasteiger partial charge in [0.1, 0.15) is 0 Å². The standard InChI is InChI=1S/C11H19N3S/c1-5-9-6-15-11(12-9)10-7(2)13-14(4)8(10)3/h9,11-12H,5-6H2,1-4H3. The molecule has 84 valence electrons. The molecule has 0 spiro atoms. The van der Waals surface area contributed by atoms with Crippen molar-refractivity contribution in [2.45, 2.75) is 38.6 Å². The van der Waals surface area contributed by atoms with Gasteiger partial charge in [-0.1, -0.05) is 6.92 Å². The van der Waals surface area contributed by atoms with Gasteiger partial charge in [0.2, 0.25) is 0 Å². The van der Waals surface area contributed by atoms with Crippen LogP contribution in [-0.2, 0) is 7.05 Å². The first kappa shape index (κ1) is 11.0. The maximum Gasteiger partial charge on any atom is 0.0828 e. The Morgan fingerprint density at radius 3 is 2.73 bits per heavy atom. The first-order valence-corrected chi connectivity index (χ1v) is 6.56. The minimum atomic E-state index is 0.448. The Bertz CT molecular complexity index is 359. The van der Waals surface area contributed by atoms with Gasteiger partial charge in [-0.25, -0.2) is 0 Å². The van der Waals surface area contributed by atoms with E-state index < -0.39 is 0 Å². The van der Waals surface area contributed by atoms with Crippen molar-refractivity contribution in [3.05, 3.63) is 17.0 Å². The third kappa shape index (κ3) is 1.93. The fourth-order valence-corrected chi connectivity index (χ4v) is 3.65. The van der Waals surface area contributed by atoms with Crippen LogP contribution in [0.25, 0.3) is 0 Å². The highest BCUT2D eigenvalue weighted by atomic mass is 32.2. The van der Waals surface area contributed by atoms with E-state index >= 15 is 0 Å². The zero-order valence-electron chi connectivity index (χ0n) is 9.87. The van der Waals surface area contributed by atoms with Crippen molar-refractivity contribution in [2.24, 2.45) is 7.05 Å². The molecule has 1 aliphatic rings. The lowest BCUT2D eigenvalue weighted by atomic mass is 10.1. The summed E-state index contributed by atoms with van der Waals surface area (Å²) in [4.78, 5) is 0. The van der Waals surface area contributed by atoms with Crippen LogP contribution in [0.1, 0.15) is 35.7 Å². The SMILES string of the molecule is CCC1CSC(c2c(C)nn(C)c2C)N1. The Morgan fingerprint density at radius 2 is 2.27 bits per heavy atom. The molecule has 15 heavy (non-hydrogen) atoms. The van der Waals surface area contributed by atoms with Crippen molar-refractivity contribution in [2.75, 3.05) is 5.75 Å². The Kier molecular flexibility index (Phi) is 3.07. The van der Waals surface area contributed by atoms with Crippen LogP contribution in [0.5, 0.6) is 0 Å². The summed E-state index contributed by atoms with van der Waals surface area (Å²) in [5.41, 5.74) is 3.84. The van der Waals surface area contributed by atoms with E-state index in [1.54, 1.807) is 0 Å². The summed E-state index contributed by atoms with van der Waals surface area (Å²) in [6.07, 6.45) is 1.21. The third-order valence-corrected chi connectivity index (χ3v) is 4.47. The number of aryl methyl sites for hydroxylation is 2. The lowest BCUT2D eigenvalue weighted by Gasteiger charge is -2.12. The Balaban J connectivity index is 2.23. The normalized spacial score (nSPS) is 26.1. The van der Waals surface area contributed by atoms with Gasteiger partial charge in [0.25, 0.3) is 0 Å². The molecule has 0 saturated carbocycles. The van der Waals surface area contributed by atoms with Gasteiger partial charge in [0.15, 0.2) is 0 Å². The van der Waals surface area contributed by atoms with Crippen molar-refractivity contribution in [1.29, 1.82) is 0 Å². The molecule has 0 amide bonds. The van der Waals surface area contributed by atoms with Crippen molar-refractivity contribution in [3.8, 4) is 0 Å². The van der Waals surface area contributed by atoms with E-state index in [1.165, 1.54) is 23.4 Å². The number of thioether (sulfide) groups is 1. The predicted octanol–water partition coefficient (Wildman–Crippen LogP) is 2.15. The second kappa shape index (κ2) is 4.18. The van der Waals surface area contributed by atoms with Gasteiger partial charge in [0, 0.05) is 30.1 Å². The van der Waals surface area contributed by atoms with Crippen LogP contribution in [0.2, 0.25) is 0 Å². The fraction of sp³-hybridized carbons (Fsp3) is 0.727. The number of rotatable bonds is 2. The highest BCUT2D eigenvalue weighted by molar-refractivity contribution is 7.99. The lowest BCUT2D eigenvalue weighted by Crippen LogP contribution is -2.25. The van der Waals surface area contributed by atoms with Gasteiger partial charge in [-0.2, -0.15) is 5.10 Å². The van der Waals surface area contributed by atoms with Gasteiger partial charge in [-0.3, -0.25) is 10.00 Å². The predicted molar refractivity (Wildman–Crippen MR) is 65.1 cm³/mol. The smallest absolute Gasteiger partial charge is 0.0828 e. The van der Waals surface area contributed by atoms with Crippen LogP contribution in [-0.4, -0.2) is 21.6 Å². The largest absolute Gasteiger partial charge is 0.298 e. The minimum absolute atomic E-state index is 0.448. The molecule has 0 aliphatic carbocycles. The summed E-state index contributed by atoms with van der Waals surface area (Å²) in [6, 6.07) is 0.666. The molecule has 1 N–H and O–H groups in total. The maximum atomic E-state index is 4.47. The van der Waals surface area contributed by atoms with Gasteiger partial charge < -0.3 is 0 Å². The van der Waals surface area contributed by atoms with Crippen molar-refractivity contribution in [3.63, 3.8) is 0 Å². The van der Waals surface area contributed by atoms with Crippen molar-refractivity contribution in [1.82, 2.24) is 15.1 Å². The summed E-state index contributed by atoms with van der Waals surface area (Å²) in [6.45, 7) is 6.49.